The fourth-order valence-corrected chi connectivity index (χ4v) is 2.51. The van der Waals surface area contributed by atoms with Gasteiger partial charge in [0.05, 0.1) is 5.56 Å². The molecule has 2 nitrogen and oxygen atoms in total. The first-order valence-corrected chi connectivity index (χ1v) is 7.24. The van der Waals surface area contributed by atoms with Gasteiger partial charge in [-0.2, -0.15) is 13.2 Å². The van der Waals surface area contributed by atoms with Gasteiger partial charge in [-0.15, -0.1) is 0 Å². The highest BCUT2D eigenvalue weighted by Gasteiger charge is 2.35. The molecule has 0 aliphatic rings. The molecule has 1 aromatic carbocycles. The molecule has 1 rings (SSSR count). The van der Waals surface area contributed by atoms with Crippen LogP contribution in [0.1, 0.15) is 38.3 Å². The number of halogens is 3. The minimum Gasteiger partial charge on any atom is -0.371 e. The summed E-state index contributed by atoms with van der Waals surface area (Å²) in [6.07, 6.45) is -3.49. The Hall–Kier alpha value is -1.23. The molecule has 1 N–H and O–H groups in total. The van der Waals surface area contributed by atoms with Gasteiger partial charge in [-0.3, -0.25) is 0 Å². The van der Waals surface area contributed by atoms with Gasteiger partial charge in [-0.05, 0) is 44.0 Å². The van der Waals surface area contributed by atoms with E-state index in [1.54, 1.807) is 31.1 Å². The van der Waals surface area contributed by atoms with E-state index in [-0.39, 0.29) is 11.7 Å². The van der Waals surface area contributed by atoms with E-state index in [0.717, 1.165) is 6.42 Å². The Morgan fingerprint density at radius 1 is 1.19 bits per heavy atom. The number of rotatable bonds is 6. The molecular formula is C16H25F3N2. The Bertz CT molecular complexity index is 455. The maximum atomic E-state index is 13.3. The van der Waals surface area contributed by atoms with E-state index in [1.165, 1.54) is 6.07 Å². The first-order chi connectivity index (χ1) is 9.66. The number of alkyl halides is 3. The lowest BCUT2D eigenvalue weighted by atomic mass is 10.0. The lowest BCUT2D eigenvalue weighted by Crippen LogP contribution is -2.32. The van der Waals surface area contributed by atoms with Crippen LogP contribution in [0.15, 0.2) is 18.2 Å². The second-order valence-corrected chi connectivity index (χ2v) is 5.97. The van der Waals surface area contributed by atoms with E-state index in [4.69, 9.17) is 0 Å². The second-order valence-electron chi connectivity index (χ2n) is 5.97. The minimum atomic E-state index is -4.34. The van der Waals surface area contributed by atoms with E-state index in [9.17, 15) is 13.2 Å². The molecule has 0 saturated carbocycles. The molecule has 0 aliphatic heterocycles. The van der Waals surface area contributed by atoms with E-state index < -0.39 is 11.7 Å². The molecule has 0 fully saturated rings. The summed E-state index contributed by atoms with van der Waals surface area (Å²) in [6.45, 7) is 6.53. The molecule has 21 heavy (non-hydrogen) atoms. The van der Waals surface area contributed by atoms with Crippen molar-refractivity contribution in [1.29, 1.82) is 0 Å². The van der Waals surface area contributed by atoms with Crippen molar-refractivity contribution in [3.05, 3.63) is 29.3 Å². The fraction of sp³-hybridized carbons (Fsp3) is 0.625. The van der Waals surface area contributed by atoms with Crippen LogP contribution in [0.3, 0.4) is 0 Å². The molecule has 0 bridgehead atoms. The average molecular weight is 302 g/mol. The summed E-state index contributed by atoms with van der Waals surface area (Å²) in [5, 5.41) is 2.88. The summed E-state index contributed by atoms with van der Waals surface area (Å²) in [6, 6.07) is 4.62. The van der Waals surface area contributed by atoms with Gasteiger partial charge in [0.25, 0.3) is 0 Å². The van der Waals surface area contributed by atoms with Gasteiger partial charge in [-0.25, -0.2) is 0 Å². The van der Waals surface area contributed by atoms with E-state index >= 15 is 0 Å². The van der Waals surface area contributed by atoms with E-state index in [2.05, 4.69) is 19.2 Å². The van der Waals surface area contributed by atoms with Crippen LogP contribution < -0.4 is 10.2 Å². The molecule has 5 heteroatoms. The molecule has 120 valence electrons. The molecule has 0 aliphatic carbocycles. The Morgan fingerprint density at radius 3 is 2.29 bits per heavy atom. The molecule has 1 atom stereocenters. The van der Waals surface area contributed by atoms with Crippen LogP contribution in [0.25, 0.3) is 0 Å². The number of hydrogen-bond donors (Lipinski definition) is 1. The zero-order valence-corrected chi connectivity index (χ0v) is 13.4. The summed E-state index contributed by atoms with van der Waals surface area (Å²) >= 11 is 0. The number of nitrogens with zero attached hydrogens (tertiary/aromatic N) is 1. The molecule has 0 radical (unpaired) electrons. The van der Waals surface area contributed by atoms with Gasteiger partial charge in [0.2, 0.25) is 0 Å². The molecule has 1 unspecified atom stereocenters. The zero-order valence-electron chi connectivity index (χ0n) is 13.4. The number of benzene rings is 1. The molecule has 0 spiro atoms. The van der Waals surface area contributed by atoms with Gasteiger partial charge in [-0.1, -0.05) is 19.9 Å². The van der Waals surface area contributed by atoms with E-state index in [0.29, 0.717) is 18.0 Å². The normalized spacial score (nSPS) is 13.6. The number of hydrogen-bond acceptors (Lipinski definition) is 2. The largest absolute Gasteiger partial charge is 0.418 e. The molecule has 1 aromatic rings. The van der Waals surface area contributed by atoms with Crippen molar-refractivity contribution in [3.8, 4) is 0 Å². The predicted octanol–water partition coefficient (Wildman–Crippen LogP) is 4.30. The second kappa shape index (κ2) is 7.16. The van der Waals surface area contributed by atoms with Crippen molar-refractivity contribution in [2.45, 2.75) is 46.0 Å². The summed E-state index contributed by atoms with van der Waals surface area (Å²) in [7, 11) is 3.45. The van der Waals surface area contributed by atoms with Crippen LogP contribution in [-0.4, -0.2) is 20.1 Å². The van der Waals surface area contributed by atoms with Crippen LogP contribution in [0.4, 0.5) is 18.9 Å². The fourth-order valence-electron chi connectivity index (χ4n) is 2.51. The van der Waals surface area contributed by atoms with Crippen molar-refractivity contribution < 1.29 is 13.2 Å². The van der Waals surface area contributed by atoms with Crippen molar-refractivity contribution in [1.82, 2.24) is 5.32 Å². The van der Waals surface area contributed by atoms with Crippen molar-refractivity contribution in [3.63, 3.8) is 0 Å². The highest BCUT2D eigenvalue weighted by Crippen LogP contribution is 2.37. The lowest BCUT2D eigenvalue weighted by molar-refractivity contribution is -0.137. The van der Waals surface area contributed by atoms with Crippen LogP contribution in [0.5, 0.6) is 0 Å². The first kappa shape index (κ1) is 17.8. The summed E-state index contributed by atoms with van der Waals surface area (Å²) in [5.74, 6) is 0.445. The molecular weight excluding hydrogens is 277 g/mol. The van der Waals surface area contributed by atoms with Crippen molar-refractivity contribution >= 4 is 5.69 Å². The predicted molar refractivity (Wildman–Crippen MR) is 81.5 cm³/mol. The lowest BCUT2D eigenvalue weighted by Gasteiger charge is -2.31. The SMILES string of the molecule is CNCc1ccc(N(C)C(C)CC(C)C)c(C(F)(F)F)c1. The van der Waals surface area contributed by atoms with Crippen LogP contribution in [0, 0.1) is 5.92 Å². The van der Waals surface area contributed by atoms with Gasteiger partial charge >= 0.3 is 6.18 Å². The Labute approximate surface area is 125 Å². The van der Waals surface area contributed by atoms with Crippen LogP contribution >= 0.6 is 0 Å². The Morgan fingerprint density at radius 2 is 1.81 bits per heavy atom. The third-order valence-electron chi connectivity index (χ3n) is 3.60. The Balaban J connectivity index is 3.16. The maximum absolute atomic E-state index is 13.3. The van der Waals surface area contributed by atoms with Crippen LogP contribution in [0.2, 0.25) is 0 Å². The highest BCUT2D eigenvalue weighted by molar-refractivity contribution is 5.56. The third-order valence-corrected chi connectivity index (χ3v) is 3.60. The monoisotopic (exact) mass is 302 g/mol. The summed E-state index contributed by atoms with van der Waals surface area (Å²) in [4.78, 5) is 1.73. The minimum absolute atomic E-state index is 0.0567. The third kappa shape index (κ3) is 4.92. The topological polar surface area (TPSA) is 15.3 Å². The molecule has 0 heterocycles. The standard InChI is InChI=1S/C16H25F3N2/c1-11(2)8-12(3)21(5)15-7-6-13(10-20-4)9-14(15)16(17,18)19/h6-7,9,11-12,20H,8,10H2,1-5H3. The number of nitrogens with one attached hydrogen (secondary N) is 1. The quantitative estimate of drug-likeness (QED) is 0.843. The van der Waals surface area contributed by atoms with E-state index in [1.807, 2.05) is 6.92 Å². The van der Waals surface area contributed by atoms with Gasteiger partial charge < -0.3 is 10.2 Å². The maximum Gasteiger partial charge on any atom is 0.418 e. The van der Waals surface area contributed by atoms with Gasteiger partial charge in [0.1, 0.15) is 0 Å². The smallest absolute Gasteiger partial charge is 0.371 e. The molecule has 0 amide bonds. The van der Waals surface area contributed by atoms with Crippen LogP contribution in [-0.2, 0) is 12.7 Å². The van der Waals surface area contributed by atoms with Crippen molar-refractivity contribution in [2.75, 3.05) is 19.0 Å². The summed E-state index contributed by atoms with van der Waals surface area (Å²) < 4.78 is 39.9. The highest BCUT2D eigenvalue weighted by atomic mass is 19.4. The summed E-state index contributed by atoms with van der Waals surface area (Å²) in [5.41, 5.74) is 0.322. The average Bonchev–Trinajstić information content (AvgIpc) is 2.36. The zero-order chi connectivity index (χ0) is 16.2. The van der Waals surface area contributed by atoms with Gasteiger partial charge in [0, 0.05) is 25.3 Å². The van der Waals surface area contributed by atoms with Gasteiger partial charge in [0.15, 0.2) is 0 Å². The molecule has 0 saturated heterocycles. The first-order valence-electron chi connectivity index (χ1n) is 7.24. The van der Waals surface area contributed by atoms with Crippen molar-refractivity contribution in [2.24, 2.45) is 5.92 Å². The number of anilines is 1. The molecule has 0 aromatic heterocycles. The Kier molecular flexibility index (Phi) is 6.08.